The number of nitrogens with zero attached hydrogens (tertiary/aromatic N) is 2. The van der Waals surface area contributed by atoms with Crippen LogP contribution < -0.4 is 0 Å². The zero-order valence-corrected chi connectivity index (χ0v) is 11.8. The van der Waals surface area contributed by atoms with E-state index in [9.17, 15) is 4.79 Å². The smallest absolute Gasteiger partial charge is 0.273 e. The third-order valence-corrected chi connectivity index (χ3v) is 4.29. The van der Waals surface area contributed by atoms with Gasteiger partial charge in [-0.25, -0.2) is 4.98 Å². The Morgan fingerprint density at radius 2 is 2.32 bits per heavy atom. The van der Waals surface area contributed by atoms with Gasteiger partial charge in [-0.2, -0.15) is 11.3 Å². The maximum absolute atomic E-state index is 12.5. The fourth-order valence-electron chi connectivity index (χ4n) is 2.50. The summed E-state index contributed by atoms with van der Waals surface area (Å²) in [4.78, 5) is 18.5. The Morgan fingerprint density at radius 3 is 3.05 bits per heavy atom. The third-order valence-electron chi connectivity index (χ3n) is 3.38. The number of pyridine rings is 1. The molecular formula is C14H13ClN2OS. The summed E-state index contributed by atoms with van der Waals surface area (Å²) in [6.45, 7) is 0.785. The fourth-order valence-corrected chi connectivity index (χ4v) is 3.37. The molecule has 1 unspecified atom stereocenters. The van der Waals surface area contributed by atoms with Crippen LogP contribution in [0, 0.1) is 0 Å². The molecule has 0 bridgehead atoms. The number of rotatable bonds is 2. The highest BCUT2D eigenvalue weighted by Gasteiger charge is 2.31. The minimum absolute atomic E-state index is 0.0313. The molecule has 98 valence electrons. The number of carbonyl (C=O) groups excluding carboxylic acids is 1. The highest BCUT2D eigenvalue weighted by atomic mass is 35.5. The first-order valence-electron chi connectivity index (χ1n) is 6.21. The van der Waals surface area contributed by atoms with Gasteiger partial charge in [0, 0.05) is 6.54 Å². The molecular weight excluding hydrogens is 280 g/mol. The highest BCUT2D eigenvalue weighted by Crippen LogP contribution is 2.33. The van der Waals surface area contributed by atoms with Crippen molar-refractivity contribution in [3.63, 3.8) is 0 Å². The number of thiophene rings is 1. The van der Waals surface area contributed by atoms with Crippen LogP contribution in [0.25, 0.3) is 0 Å². The molecule has 3 nitrogen and oxygen atoms in total. The van der Waals surface area contributed by atoms with Crippen LogP contribution in [0.5, 0.6) is 0 Å². The molecule has 5 heteroatoms. The predicted octanol–water partition coefficient (Wildman–Crippen LogP) is 3.77. The van der Waals surface area contributed by atoms with E-state index in [4.69, 9.17) is 11.6 Å². The van der Waals surface area contributed by atoms with E-state index in [1.165, 1.54) is 5.56 Å². The topological polar surface area (TPSA) is 33.2 Å². The lowest BCUT2D eigenvalue weighted by atomic mass is 10.1. The molecule has 0 aliphatic carbocycles. The third kappa shape index (κ3) is 2.51. The van der Waals surface area contributed by atoms with Crippen molar-refractivity contribution >= 4 is 28.8 Å². The van der Waals surface area contributed by atoms with Gasteiger partial charge in [0.1, 0.15) is 10.8 Å². The summed E-state index contributed by atoms with van der Waals surface area (Å²) in [7, 11) is 0. The van der Waals surface area contributed by atoms with Crippen molar-refractivity contribution in [3.05, 3.63) is 51.4 Å². The van der Waals surface area contributed by atoms with Crippen LogP contribution in [0.3, 0.4) is 0 Å². The monoisotopic (exact) mass is 292 g/mol. The van der Waals surface area contributed by atoms with Gasteiger partial charge in [-0.1, -0.05) is 17.7 Å². The quantitative estimate of drug-likeness (QED) is 0.789. The van der Waals surface area contributed by atoms with Gasteiger partial charge in [-0.15, -0.1) is 0 Å². The van der Waals surface area contributed by atoms with Crippen molar-refractivity contribution in [1.82, 2.24) is 9.88 Å². The molecule has 0 N–H and O–H groups in total. The maximum Gasteiger partial charge on any atom is 0.273 e. The minimum Gasteiger partial charge on any atom is -0.330 e. The Kier molecular flexibility index (Phi) is 3.53. The second-order valence-corrected chi connectivity index (χ2v) is 5.73. The first kappa shape index (κ1) is 12.6. The molecule has 3 rings (SSSR count). The van der Waals surface area contributed by atoms with E-state index in [0.717, 1.165) is 19.4 Å². The largest absolute Gasteiger partial charge is 0.330 e. The summed E-state index contributed by atoms with van der Waals surface area (Å²) in [5.41, 5.74) is 1.65. The first-order chi connectivity index (χ1) is 9.25. The lowest BCUT2D eigenvalue weighted by molar-refractivity contribution is 0.0730. The van der Waals surface area contributed by atoms with Gasteiger partial charge < -0.3 is 4.90 Å². The van der Waals surface area contributed by atoms with Crippen LogP contribution in [-0.4, -0.2) is 22.3 Å². The molecule has 0 aromatic carbocycles. The SMILES string of the molecule is O=C(c1cccc(Cl)n1)N1CCCC1c1ccsc1. The van der Waals surface area contributed by atoms with Crippen molar-refractivity contribution in [2.45, 2.75) is 18.9 Å². The predicted molar refractivity (Wildman–Crippen MR) is 76.6 cm³/mol. The molecule has 2 aromatic heterocycles. The van der Waals surface area contributed by atoms with Gasteiger partial charge in [0.05, 0.1) is 6.04 Å². The van der Waals surface area contributed by atoms with Gasteiger partial charge in [-0.05, 0) is 47.4 Å². The van der Waals surface area contributed by atoms with Crippen LogP contribution in [0.1, 0.15) is 34.9 Å². The first-order valence-corrected chi connectivity index (χ1v) is 7.53. The number of hydrogen-bond donors (Lipinski definition) is 0. The van der Waals surface area contributed by atoms with Crippen LogP contribution >= 0.6 is 22.9 Å². The van der Waals surface area contributed by atoms with Crippen molar-refractivity contribution in [2.75, 3.05) is 6.54 Å². The van der Waals surface area contributed by atoms with E-state index in [1.54, 1.807) is 29.5 Å². The van der Waals surface area contributed by atoms with Crippen LogP contribution in [-0.2, 0) is 0 Å². The Hall–Kier alpha value is -1.39. The number of likely N-dealkylation sites (tertiary alicyclic amines) is 1. The molecule has 1 amide bonds. The lowest BCUT2D eigenvalue weighted by Gasteiger charge is -2.23. The van der Waals surface area contributed by atoms with E-state index < -0.39 is 0 Å². The molecule has 2 aromatic rings. The molecule has 1 fully saturated rings. The molecule has 1 atom stereocenters. The number of halogens is 1. The summed E-state index contributed by atoms with van der Waals surface area (Å²) < 4.78 is 0. The van der Waals surface area contributed by atoms with Gasteiger partial charge in [0.2, 0.25) is 0 Å². The zero-order chi connectivity index (χ0) is 13.2. The zero-order valence-electron chi connectivity index (χ0n) is 10.3. The molecule has 1 aliphatic heterocycles. The second kappa shape index (κ2) is 5.31. The van der Waals surface area contributed by atoms with Crippen molar-refractivity contribution in [1.29, 1.82) is 0 Å². The van der Waals surface area contributed by atoms with Crippen LogP contribution in [0.2, 0.25) is 5.15 Å². The summed E-state index contributed by atoms with van der Waals surface area (Å²) >= 11 is 7.52. The molecule has 19 heavy (non-hydrogen) atoms. The molecule has 1 saturated heterocycles. The average molecular weight is 293 g/mol. The molecule has 3 heterocycles. The van der Waals surface area contributed by atoms with Gasteiger partial charge in [0.25, 0.3) is 5.91 Å². The average Bonchev–Trinajstić information content (AvgIpc) is 3.08. The van der Waals surface area contributed by atoms with E-state index >= 15 is 0 Å². The number of amides is 1. The Balaban J connectivity index is 1.87. The summed E-state index contributed by atoms with van der Waals surface area (Å²) in [5.74, 6) is -0.0313. The van der Waals surface area contributed by atoms with Gasteiger partial charge >= 0.3 is 0 Å². The van der Waals surface area contributed by atoms with Gasteiger partial charge in [0.15, 0.2) is 0 Å². The molecule has 0 saturated carbocycles. The molecule has 1 aliphatic rings. The Labute approximate surface area is 120 Å². The number of carbonyl (C=O) groups is 1. The lowest BCUT2D eigenvalue weighted by Crippen LogP contribution is -2.31. The van der Waals surface area contributed by atoms with E-state index in [1.807, 2.05) is 10.3 Å². The molecule has 0 radical (unpaired) electrons. The molecule has 0 spiro atoms. The van der Waals surface area contributed by atoms with E-state index in [0.29, 0.717) is 10.8 Å². The normalized spacial score (nSPS) is 18.8. The van der Waals surface area contributed by atoms with E-state index in [2.05, 4.69) is 16.4 Å². The van der Waals surface area contributed by atoms with Crippen molar-refractivity contribution < 1.29 is 4.79 Å². The Morgan fingerprint density at radius 1 is 1.42 bits per heavy atom. The Bertz CT molecular complexity index is 585. The number of hydrogen-bond acceptors (Lipinski definition) is 3. The van der Waals surface area contributed by atoms with Crippen molar-refractivity contribution in [3.8, 4) is 0 Å². The summed E-state index contributed by atoms with van der Waals surface area (Å²) in [6, 6.07) is 7.43. The summed E-state index contributed by atoms with van der Waals surface area (Å²) in [6.07, 6.45) is 2.05. The van der Waals surface area contributed by atoms with Crippen LogP contribution in [0.4, 0.5) is 0 Å². The minimum atomic E-state index is -0.0313. The van der Waals surface area contributed by atoms with Crippen molar-refractivity contribution in [2.24, 2.45) is 0 Å². The highest BCUT2D eigenvalue weighted by molar-refractivity contribution is 7.07. The standard InChI is InChI=1S/C14H13ClN2OS/c15-13-5-1-3-11(16-13)14(18)17-7-2-4-12(17)10-6-8-19-9-10/h1,3,5-6,8-9,12H,2,4,7H2. The van der Waals surface area contributed by atoms with E-state index in [-0.39, 0.29) is 11.9 Å². The summed E-state index contributed by atoms with van der Waals surface area (Å²) in [5, 5.41) is 4.52. The van der Waals surface area contributed by atoms with Gasteiger partial charge in [-0.3, -0.25) is 4.79 Å². The fraction of sp³-hybridized carbons (Fsp3) is 0.286. The van der Waals surface area contributed by atoms with Crippen LogP contribution in [0.15, 0.2) is 35.0 Å². The number of aromatic nitrogens is 1. The second-order valence-electron chi connectivity index (χ2n) is 4.56. The maximum atomic E-state index is 12.5.